The van der Waals surface area contributed by atoms with E-state index in [2.05, 4.69) is 10.5 Å². The molecule has 1 aliphatic heterocycles. The molecule has 1 unspecified atom stereocenters. The van der Waals surface area contributed by atoms with E-state index in [1.807, 2.05) is 80.6 Å². The molecule has 0 fully saturated rings. The molecular weight excluding hydrogens is 442 g/mol. The van der Waals surface area contributed by atoms with Crippen molar-refractivity contribution in [2.45, 2.75) is 32.9 Å². The van der Waals surface area contributed by atoms with Gasteiger partial charge in [-0.1, -0.05) is 47.6 Å². The van der Waals surface area contributed by atoms with Gasteiger partial charge in [0.25, 0.3) is 0 Å². The van der Waals surface area contributed by atoms with Crippen LogP contribution in [0.5, 0.6) is 11.5 Å². The van der Waals surface area contributed by atoms with E-state index >= 15 is 0 Å². The van der Waals surface area contributed by atoms with Crippen molar-refractivity contribution in [3.8, 4) is 11.5 Å². The van der Waals surface area contributed by atoms with Crippen LogP contribution in [0.25, 0.3) is 0 Å². The lowest BCUT2D eigenvalue weighted by molar-refractivity contribution is 0.0608. The molecule has 182 valence electrons. The summed E-state index contributed by atoms with van der Waals surface area (Å²) in [6.45, 7) is 4.75. The second kappa shape index (κ2) is 11.0. The van der Waals surface area contributed by atoms with Crippen LogP contribution in [0.4, 0.5) is 10.5 Å². The molecule has 0 aliphatic carbocycles. The number of benzene rings is 3. The van der Waals surface area contributed by atoms with Gasteiger partial charge in [0.15, 0.2) is 6.10 Å². The molecule has 4 rings (SSSR count). The molecule has 0 aromatic heterocycles. The van der Waals surface area contributed by atoms with Gasteiger partial charge < -0.3 is 24.5 Å². The van der Waals surface area contributed by atoms with Crippen LogP contribution in [0.15, 0.2) is 71.9 Å². The fourth-order valence-electron chi connectivity index (χ4n) is 4.22. The molecule has 3 aromatic rings. The van der Waals surface area contributed by atoms with Gasteiger partial charge in [-0.3, -0.25) is 0 Å². The molecule has 0 radical (unpaired) electrons. The number of aryl methyl sites for hydroxylation is 2. The van der Waals surface area contributed by atoms with Crippen LogP contribution < -0.4 is 14.8 Å². The van der Waals surface area contributed by atoms with E-state index in [0.717, 1.165) is 45.2 Å². The van der Waals surface area contributed by atoms with Crippen LogP contribution in [0, 0.1) is 13.8 Å². The number of rotatable bonds is 8. The summed E-state index contributed by atoms with van der Waals surface area (Å²) in [4.78, 5) is 21.0. The Balaban J connectivity index is 1.53. The van der Waals surface area contributed by atoms with Crippen molar-refractivity contribution >= 4 is 17.4 Å². The highest BCUT2D eigenvalue weighted by Gasteiger charge is 2.28. The minimum atomic E-state index is -0.274. The third-order valence-electron chi connectivity index (χ3n) is 6.08. The number of methoxy groups -OCH3 is 2. The van der Waals surface area contributed by atoms with Crippen molar-refractivity contribution in [3.05, 3.63) is 89.0 Å². The van der Waals surface area contributed by atoms with Crippen LogP contribution in [0.3, 0.4) is 0 Å². The third kappa shape index (κ3) is 5.74. The first-order valence-electron chi connectivity index (χ1n) is 11.6. The van der Waals surface area contributed by atoms with Crippen LogP contribution in [-0.4, -0.2) is 43.5 Å². The van der Waals surface area contributed by atoms with E-state index in [-0.39, 0.29) is 12.1 Å². The molecule has 0 spiro atoms. The number of ether oxygens (including phenoxy) is 2. The van der Waals surface area contributed by atoms with Gasteiger partial charge in [-0.25, -0.2) is 4.79 Å². The summed E-state index contributed by atoms with van der Waals surface area (Å²) in [5, 5.41) is 7.42. The normalized spacial score (nSPS) is 14.6. The third-order valence-corrected chi connectivity index (χ3v) is 6.08. The molecule has 3 aromatic carbocycles. The average Bonchev–Trinajstić information content (AvgIpc) is 3.34. The Kier molecular flexibility index (Phi) is 7.55. The van der Waals surface area contributed by atoms with Crippen LogP contribution in [0.2, 0.25) is 0 Å². The van der Waals surface area contributed by atoms with Crippen molar-refractivity contribution in [3.63, 3.8) is 0 Å². The topological polar surface area (TPSA) is 72.4 Å². The number of anilines is 1. The quantitative estimate of drug-likeness (QED) is 0.466. The van der Waals surface area contributed by atoms with Crippen LogP contribution >= 0.6 is 0 Å². The second-order valence-corrected chi connectivity index (χ2v) is 8.60. The zero-order chi connectivity index (χ0) is 24.8. The van der Waals surface area contributed by atoms with Gasteiger partial charge in [-0.15, -0.1) is 0 Å². The first-order chi connectivity index (χ1) is 17.0. The average molecular weight is 474 g/mol. The van der Waals surface area contributed by atoms with Crippen LogP contribution in [-0.2, 0) is 11.4 Å². The van der Waals surface area contributed by atoms with E-state index in [0.29, 0.717) is 19.5 Å². The highest BCUT2D eigenvalue weighted by molar-refractivity contribution is 6.03. The molecule has 0 saturated carbocycles. The monoisotopic (exact) mass is 473 g/mol. The summed E-state index contributed by atoms with van der Waals surface area (Å²) < 4.78 is 10.8. The number of urea groups is 1. The molecule has 35 heavy (non-hydrogen) atoms. The predicted octanol–water partition coefficient (Wildman–Crippen LogP) is 5.55. The molecule has 7 heteroatoms. The van der Waals surface area contributed by atoms with Crippen LogP contribution in [0.1, 0.15) is 28.7 Å². The van der Waals surface area contributed by atoms with E-state index in [9.17, 15) is 4.79 Å². The molecule has 1 heterocycles. The van der Waals surface area contributed by atoms with Crippen molar-refractivity contribution in [1.29, 1.82) is 0 Å². The van der Waals surface area contributed by atoms with Crippen molar-refractivity contribution in [1.82, 2.24) is 4.90 Å². The van der Waals surface area contributed by atoms with Gasteiger partial charge in [0, 0.05) is 24.2 Å². The molecule has 7 nitrogen and oxygen atoms in total. The lowest BCUT2D eigenvalue weighted by Crippen LogP contribution is -2.40. The predicted molar refractivity (Wildman–Crippen MR) is 137 cm³/mol. The van der Waals surface area contributed by atoms with E-state index < -0.39 is 0 Å². The summed E-state index contributed by atoms with van der Waals surface area (Å²) in [5.74, 6) is 1.49. The Hall–Kier alpha value is -4.00. The minimum absolute atomic E-state index is 0.195. The Morgan fingerprint density at radius 2 is 1.77 bits per heavy atom. The Morgan fingerprint density at radius 3 is 2.51 bits per heavy atom. The van der Waals surface area contributed by atoms with Gasteiger partial charge in [0.1, 0.15) is 11.5 Å². The minimum Gasteiger partial charge on any atom is -0.497 e. The first-order valence-corrected chi connectivity index (χ1v) is 11.6. The van der Waals surface area contributed by atoms with Gasteiger partial charge in [0.2, 0.25) is 0 Å². The Morgan fingerprint density at radius 1 is 1.03 bits per heavy atom. The fourth-order valence-corrected chi connectivity index (χ4v) is 4.22. The molecular formula is C28H31N3O4. The van der Waals surface area contributed by atoms with E-state index in [4.69, 9.17) is 14.3 Å². The van der Waals surface area contributed by atoms with Gasteiger partial charge >= 0.3 is 6.03 Å². The zero-order valence-corrected chi connectivity index (χ0v) is 20.6. The number of carbonyl (C=O) groups is 1. The SMILES string of the molecule is COc1cccc(CN(CC2CC(c3ccccc3OC)=NO2)C(=O)Nc2c(C)cccc2C)c1. The second-order valence-electron chi connectivity index (χ2n) is 8.60. The summed E-state index contributed by atoms with van der Waals surface area (Å²) in [7, 11) is 3.27. The number of para-hydroxylation sites is 2. The maximum absolute atomic E-state index is 13.5. The lowest BCUT2D eigenvalue weighted by atomic mass is 10.0. The molecule has 0 saturated heterocycles. The highest BCUT2D eigenvalue weighted by atomic mass is 16.6. The number of oxime groups is 1. The summed E-state index contributed by atoms with van der Waals surface area (Å²) in [6, 6.07) is 21.2. The standard InChI is InChI=1S/C28H31N3O4/c1-19-9-7-10-20(2)27(19)29-28(32)31(17-21-11-8-12-22(15-21)33-3)18-23-16-25(30-35-23)24-13-5-6-14-26(24)34-4/h5-15,23H,16-18H2,1-4H3,(H,29,32). The van der Waals surface area contributed by atoms with Gasteiger partial charge in [0.05, 0.1) is 26.5 Å². The van der Waals surface area contributed by atoms with E-state index in [1.165, 1.54) is 0 Å². The van der Waals surface area contributed by atoms with E-state index in [1.54, 1.807) is 19.1 Å². The number of nitrogens with zero attached hydrogens (tertiary/aromatic N) is 2. The number of nitrogens with one attached hydrogen (secondary N) is 1. The maximum atomic E-state index is 13.5. The number of amides is 2. The molecule has 1 aliphatic rings. The van der Waals surface area contributed by atoms with Crippen molar-refractivity contribution in [2.75, 3.05) is 26.1 Å². The maximum Gasteiger partial charge on any atom is 0.322 e. The highest BCUT2D eigenvalue weighted by Crippen LogP contribution is 2.26. The Labute approximate surface area is 206 Å². The van der Waals surface area contributed by atoms with Crippen molar-refractivity contribution < 1.29 is 19.1 Å². The molecule has 2 amide bonds. The number of hydrogen-bond donors (Lipinski definition) is 1. The van der Waals surface area contributed by atoms with Gasteiger partial charge in [-0.05, 0) is 54.8 Å². The van der Waals surface area contributed by atoms with Gasteiger partial charge in [-0.2, -0.15) is 0 Å². The zero-order valence-electron chi connectivity index (χ0n) is 20.6. The summed E-state index contributed by atoms with van der Waals surface area (Å²) in [5.41, 5.74) is 5.52. The smallest absolute Gasteiger partial charge is 0.322 e. The fraction of sp³-hybridized carbons (Fsp3) is 0.286. The van der Waals surface area contributed by atoms with Crippen molar-refractivity contribution in [2.24, 2.45) is 5.16 Å². The largest absolute Gasteiger partial charge is 0.497 e. The first kappa shape index (κ1) is 24.1. The molecule has 1 N–H and O–H groups in total. The number of carbonyl (C=O) groups excluding carboxylic acids is 1. The molecule has 0 bridgehead atoms. The summed E-state index contributed by atoms with van der Waals surface area (Å²) >= 11 is 0. The lowest BCUT2D eigenvalue weighted by Gasteiger charge is -2.26. The summed E-state index contributed by atoms with van der Waals surface area (Å²) in [6.07, 6.45) is 0.301. The number of hydrogen-bond acceptors (Lipinski definition) is 5. The Bertz CT molecular complexity index is 1200. The molecule has 1 atom stereocenters.